The first-order valence-corrected chi connectivity index (χ1v) is 19.6. The summed E-state index contributed by atoms with van der Waals surface area (Å²) in [5.41, 5.74) is 10.4. The molecular formula is C49H56N2OS. The molecule has 0 atom stereocenters. The molecule has 3 nitrogen and oxygen atoms in total. The Bertz CT molecular complexity index is 2310. The number of fused-ring (bicyclic) bond motifs is 2. The molecule has 1 aliphatic heterocycles. The van der Waals surface area contributed by atoms with Crippen LogP contribution >= 0.6 is 11.3 Å². The Hall–Kier alpha value is -4.54. The number of anilines is 6. The number of hydrogen-bond donors (Lipinski definition) is 0. The molecule has 274 valence electrons. The van der Waals surface area contributed by atoms with Gasteiger partial charge in [0.05, 0.1) is 12.3 Å². The van der Waals surface area contributed by atoms with Crippen LogP contribution < -0.4 is 14.5 Å². The van der Waals surface area contributed by atoms with Crippen molar-refractivity contribution >= 4 is 55.5 Å². The van der Waals surface area contributed by atoms with E-state index in [-0.39, 0.29) is 27.2 Å². The predicted octanol–water partition coefficient (Wildman–Crippen LogP) is 14.7. The summed E-state index contributed by atoms with van der Waals surface area (Å²) in [5.74, 6) is 0.908. The van der Waals surface area contributed by atoms with E-state index < -0.39 is 6.85 Å². The molecule has 1 aromatic heterocycles. The molecule has 2 heterocycles. The Morgan fingerprint density at radius 3 is 1.49 bits per heavy atom. The van der Waals surface area contributed by atoms with Crippen molar-refractivity contribution in [2.75, 3.05) is 16.4 Å². The van der Waals surface area contributed by atoms with Crippen molar-refractivity contribution in [2.45, 2.75) is 105 Å². The molecule has 0 fully saturated rings. The van der Waals surface area contributed by atoms with Gasteiger partial charge in [-0.1, -0.05) is 113 Å². The maximum absolute atomic E-state index is 8.76. The van der Waals surface area contributed by atoms with Crippen LogP contribution in [0, 0.1) is 6.85 Å². The van der Waals surface area contributed by atoms with E-state index in [1.807, 2.05) is 12.1 Å². The van der Waals surface area contributed by atoms with Gasteiger partial charge in [-0.25, -0.2) is 0 Å². The molecule has 0 aliphatic carbocycles. The number of benzene rings is 5. The zero-order valence-electron chi connectivity index (χ0n) is 36.3. The molecule has 53 heavy (non-hydrogen) atoms. The second-order valence-corrected chi connectivity index (χ2v) is 19.3. The second kappa shape index (κ2) is 13.1. The highest BCUT2D eigenvalue weighted by molar-refractivity contribution is 7.17. The van der Waals surface area contributed by atoms with Crippen LogP contribution in [0.3, 0.4) is 0 Å². The summed E-state index contributed by atoms with van der Waals surface area (Å²) >= 11 is 1.71. The van der Waals surface area contributed by atoms with Crippen LogP contribution in [-0.2, 0) is 21.7 Å². The molecule has 5 aromatic carbocycles. The molecule has 0 spiro atoms. The summed E-state index contributed by atoms with van der Waals surface area (Å²) in [6.45, 7) is 22.7. The van der Waals surface area contributed by atoms with Crippen LogP contribution in [0.15, 0.2) is 109 Å². The van der Waals surface area contributed by atoms with Gasteiger partial charge in [-0.2, -0.15) is 0 Å². The number of rotatable bonds is 6. The van der Waals surface area contributed by atoms with Crippen LogP contribution in [-0.4, -0.2) is 6.61 Å². The van der Waals surface area contributed by atoms with E-state index in [2.05, 4.69) is 182 Å². The van der Waals surface area contributed by atoms with Gasteiger partial charge in [0.2, 0.25) is 0 Å². The lowest BCUT2D eigenvalue weighted by atomic mass is 9.86. The van der Waals surface area contributed by atoms with Crippen LogP contribution in [0.1, 0.15) is 108 Å². The van der Waals surface area contributed by atoms with Crippen molar-refractivity contribution < 1.29 is 8.85 Å². The van der Waals surface area contributed by atoms with Gasteiger partial charge in [-0.15, -0.1) is 11.3 Å². The predicted molar refractivity (Wildman–Crippen MR) is 231 cm³/mol. The van der Waals surface area contributed by atoms with Gasteiger partial charge in [0, 0.05) is 59.0 Å². The minimum absolute atomic E-state index is 0.0146. The molecule has 0 bridgehead atoms. The fourth-order valence-electron chi connectivity index (χ4n) is 7.26. The third-order valence-corrected chi connectivity index (χ3v) is 11.5. The van der Waals surface area contributed by atoms with E-state index in [4.69, 9.17) is 8.85 Å². The molecule has 1 aliphatic rings. The Morgan fingerprint density at radius 1 is 0.585 bits per heavy atom. The van der Waals surface area contributed by atoms with Crippen molar-refractivity contribution in [2.24, 2.45) is 0 Å². The maximum atomic E-state index is 8.76. The number of ether oxygens (including phenoxy) is 1. The smallest absolute Gasteiger partial charge is 0.123 e. The first kappa shape index (κ1) is 33.1. The SMILES string of the molecule is [2H]C([2H])([2H])c1cc(N(c2ccc(C(C)(C)C)cc2)c2ccc(C(C)(C)C)cc2)cc(N(c2ccc(C(C)(C)C)cc2)c2csc3cc4c(cc23)OCC4(C)C)c1. The molecule has 7 rings (SSSR count). The largest absolute Gasteiger partial charge is 0.492 e. The van der Waals surface area contributed by atoms with Gasteiger partial charge in [0.15, 0.2) is 0 Å². The maximum Gasteiger partial charge on any atom is 0.123 e. The number of nitrogens with zero attached hydrogens (tertiary/aromatic N) is 2. The topological polar surface area (TPSA) is 15.7 Å². The summed E-state index contributed by atoms with van der Waals surface area (Å²) in [6.07, 6.45) is 0. The Kier molecular flexibility index (Phi) is 8.17. The van der Waals surface area contributed by atoms with E-state index in [1.165, 1.54) is 27.0 Å². The molecule has 0 amide bonds. The average Bonchev–Trinajstić information content (AvgIpc) is 3.65. The zero-order valence-corrected chi connectivity index (χ0v) is 34.1. The highest BCUT2D eigenvalue weighted by atomic mass is 32.1. The summed E-state index contributed by atoms with van der Waals surface area (Å²) < 4.78 is 33.7. The lowest BCUT2D eigenvalue weighted by molar-refractivity contribution is 0.291. The summed E-state index contributed by atoms with van der Waals surface area (Å²) in [7, 11) is 0. The molecule has 0 N–H and O–H groups in total. The fourth-order valence-corrected chi connectivity index (χ4v) is 8.20. The van der Waals surface area contributed by atoms with Crippen molar-refractivity contribution in [3.63, 3.8) is 0 Å². The first-order valence-electron chi connectivity index (χ1n) is 20.3. The van der Waals surface area contributed by atoms with Gasteiger partial charge in [-0.3, -0.25) is 0 Å². The third-order valence-electron chi connectivity index (χ3n) is 10.6. The third kappa shape index (κ3) is 7.23. The lowest BCUT2D eigenvalue weighted by Crippen LogP contribution is -2.18. The summed E-state index contributed by atoms with van der Waals surface area (Å²) in [5, 5.41) is 3.26. The van der Waals surface area contributed by atoms with Crippen molar-refractivity contribution in [1.29, 1.82) is 0 Å². The molecule has 6 aromatic rings. The molecule has 4 heteroatoms. The van der Waals surface area contributed by atoms with E-state index in [0.717, 1.165) is 45.3 Å². The standard InChI is InChI=1S/C49H56N2OS/c1-32-25-39(50(36-19-13-33(14-20-36)46(2,3)4)37-21-15-34(16-22-37)47(5,6)7)27-40(26-32)51(38-23-17-35(18-24-38)48(8,9)10)43-30-53-45-29-42-44(28-41(43)45)52-31-49(42,11)12/h13-30H,31H2,1-12H3/i1D3. The number of thiophene rings is 1. The van der Waals surface area contributed by atoms with Crippen molar-refractivity contribution in [3.8, 4) is 5.75 Å². The van der Waals surface area contributed by atoms with E-state index >= 15 is 0 Å². The molecule has 0 saturated carbocycles. The minimum Gasteiger partial charge on any atom is -0.492 e. The number of aryl methyl sites for hydroxylation is 1. The quantitative estimate of drug-likeness (QED) is 0.170. The minimum atomic E-state index is -2.36. The highest BCUT2D eigenvalue weighted by Gasteiger charge is 2.33. The van der Waals surface area contributed by atoms with Crippen LogP contribution in [0.2, 0.25) is 0 Å². The van der Waals surface area contributed by atoms with Crippen LogP contribution in [0.5, 0.6) is 5.75 Å². The molecule has 0 saturated heterocycles. The van der Waals surface area contributed by atoms with Crippen LogP contribution in [0.25, 0.3) is 10.1 Å². The highest BCUT2D eigenvalue weighted by Crippen LogP contribution is 2.49. The van der Waals surface area contributed by atoms with Gasteiger partial charge in [0.25, 0.3) is 0 Å². The Labute approximate surface area is 326 Å². The van der Waals surface area contributed by atoms with Gasteiger partial charge >= 0.3 is 0 Å². The summed E-state index contributed by atoms with van der Waals surface area (Å²) in [6, 6.07) is 36.3. The van der Waals surface area contributed by atoms with E-state index in [0.29, 0.717) is 6.61 Å². The Balaban J connectivity index is 1.48. The molecule has 0 radical (unpaired) electrons. The average molecular weight is 724 g/mol. The summed E-state index contributed by atoms with van der Waals surface area (Å²) in [4.78, 5) is 4.41. The molecular weight excluding hydrogens is 665 g/mol. The van der Waals surface area contributed by atoms with Gasteiger partial charge in [0.1, 0.15) is 5.75 Å². The van der Waals surface area contributed by atoms with Gasteiger partial charge < -0.3 is 14.5 Å². The number of hydrogen-bond acceptors (Lipinski definition) is 4. The normalized spacial score (nSPS) is 15.3. The fraction of sp³-hybridized carbons (Fsp3) is 0.347. The Morgan fingerprint density at radius 2 is 1.04 bits per heavy atom. The van der Waals surface area contributed by atoms with Crippen molar-refractivity contribution in [1.82, 2.24) is 0 Å². The second-order valence-electron chi connectivity index (χ2n) is 18.4. The lowest BCUT2D eigenvalue weighted by Gasteiger charge is -2.31. The van der Waals surface area contributed by atoms with Gasteiger partial charge in [-0.05, 0) is 112 Å². The first-order chi connectivity index (χ1) is 26.0. The molecule has 0 unspecified atom stereocenters. The van der Waals surface area contributed by atoms with E-state index in [9.17, 15) is 0 Å². The monoisotopic (exact) mass is 723 g/mol. The zero-order chi connectivity index (χ0) is 40.6. The van der Waals surface area contributed by atoms with Crippen LogP contribution in [0.4, 0.5) is 34.1 Å². The van der Waals surface area contributed by atoms with Crippen molar-refractivity contribution in [3.05, 3.63) is 136 Å². The van der Waals surface area contributed by atoms with E-state index in [1.54, 1.807) is 11.3 Å².